The van der Waals surface area contributed by atoms with Crippen LogP contribution in [0.4, 0.5) is 14.5 Å². The molecule has 106 valence electrons. The molecule has 1 aliphatic rings. The van der Waals surface area contributed by atoms with Crippen LogP contribution in [-0.2, 0) is 10.0 Å². The molecule has 1 fully saturated rings. The second kappa shape index (κ2) is 5.26. The minimum Gasteiger partial charge on any atom is -0.399 e. The fourth-order valence-corrected chi connectivity index (χ4v) is 4.78. The van der Waals surface area contributed by atoms with E-state index in [0.717, 1.165) is 12.1 Å². The van der Waals surface area contributed by atoms with E-state index in [4.69, 9.17) is 5.73 Å². The van der Waals surface area contributed by atoms with Crippen molar-refractivity contribution in [1.29, 1.82) is 0 Å². The number of nitrogens with two attached hydrogens (primary N) is 1. The molecule has 1 aliphatic heterocycles. The summed E-state index contributed by atoms with van der Waals surface area (Å²) in [5.41, 5.74) is 5.27. The maximum atomic E-state index is 13.7. The molecular weight excluding hydrogens is 294 g/mol. The molecule has 8 heteroatoms. The molecule has 1 aromatic rings. The summed E-state index contributed by atoms with van der Waals surface area (Å²) in [6.45, 7) is 2.46. The topological polar surface area (TPSA) is 63.4 Å². The molecule has 1 aromatic carbocycles. The first-order chi connectivity index (χ1) is 8.82. The van der Waals surface area contributed by atoms with Crippen molar-refractivity contribution in [2.24, 2.45) is 0 Å². The number of nitrogens with zero attached hydrogens (tertiary/aromatic N) is 1. The Morgan fingerprint density at radius 2 is 2.11 bits per heavy atom. The largest absolute Gasteiger partial charge is 0.399 e. The van der Waals surface area contributed by atoms with Crippen LogP contribution < -0.4 is 5.73 Å². The lowest BCUT2D eigenvalue weighted by molar-refractivity contribution is 0.415. The molecule has 0 aliphatic carbocycles. The summed E-state index contributed by atoms with van der Waals surface area (Å²) in [7, 11) is -4.05. The summed E-state index contributed by atoms with van der Waals surface area (Å²) < 4.78 is 52.8. The van der Waals surface area contributed by atoms with Crippen molar-refractivity contribution in [1.82, 2.24) is 4.31 Å². The molecule has 1 heterocycles. The maximum absolute atomic E-state index is 13.7. The Labute approximate surface area is 115 Å². The highest BCUT2D eigenvalue weighted by atomic mass is 32.2. The summed E-state index contributed by atoms with van der Waals surface area (Å²) in [5, 5.41) is 0.123. The van der Waals surface area contributed by atoms with Gasteiger partial charge in [0, 0.05) is 29.8 Å². The van der Waals surface area contributed by atoms with Crippen molar-refractivity contribution in [3.63, 3.8) is 0 Å². The van der Waals surface area contributed by atoms with Crippen LogP contribution in [0.5, 0.6) is 0 Å². The van der Waals surface area contributed by atoms with Gasteiger partial charge in [0.25, 0.3) is 0 Å². The third-order valence-electron chi connectivity index (χ3n) is 2.84. The molecule has 1 unspecified atom stereocenters. The fourth-order valence-electron chi connectivity index (χ4n) is 1.92. The van der Waals surface area contributed by atoms with Gasteiger partial charge in [0.05, 0.1) is 0 Å². The summed E-state index contributed by atoms with van der Waals surface area (Å²) in [5.74, 6) is -2.00. The molecule has 2 N–H and O–H groups in total. The first-order valence-electron chi connectivity index (χ1n) is 5.68. The van der Waals surface area contributed by atoms with Crippen LogP contribution >= 0.6 is 11.8 Å². The molecule has 4 nitrogen and oxygen atoms in total. The van der Waals surface area contributed by atoms with Gasteiger partial charge in [-0.05, 0) is 12.1 Å². The van der Waals surface area contributed by atoms with Gasteiger partial charge in [0.15, 0.2) is 11.6 Å². The zero-order valence-electron chi connectivity index (χ0n) is 10.3. The number of benzene rings is 1. The summed E-state index contributed by atoms with van der Waals surface area (Å²) in [4.78, 5) is -0.691. The van der Waals surface area contributed by atoms with E-state index >= 15 is 0 Å². The van der Waals surface area contributed by atoms with Gasteiger partial charge < -0.3 is 5.73 Å². The molecule has 0 saturated carbocycles. The molecule has 0 amide bonds. The zero-order valence-corrected chi connectivity index (χ0v) is 11.9. The van der Waals surface area contributed by atoms with E-state index in [1.807, 2.05) is 6.92 Å². The lowest BCUT2D eigenvalue weighted by Gasteiger charge is -2.29. The Bertz CT molecular complexity index is 593. The van der Waals surface area contributed by atoms with Crippen LogP contribution in [0, 0.1) is 11.6 Å². The van der Waals surface area contributed by atoms with Crippen LogP contribution in [0.3, 0.4) is 0 Å². The first kappa shape index (κ1) is 14.5. The first-order valence-corrected chi connectivity index (χ1v) is 8.17. The summed E-state index contributed by atoms with van der Waals surface area (Å²) >= 11 is 1.64. The lowest BCUT2D eigenvalue weighted by Crippen LogP contribution is -2.41. The van der Waals surface area contributed by atoms with E-state index < -0.39 is 26.6 Å². The van der Waals surface area contributed by atoms with Crippen molar-refractivity contribution >= 4 is 27.5 Å². The number of thioether (sulfide) groups is 1. The molecule has 19 heavy (non-hydrogen) atoms. The van der Waals surface area contributed by atoms with E-state index in [9.17, 15) is 17.2 Å². The molecular formula is C11H14F2N2O2S2. The highest BCUT2D eigenvalue weighted by Gasteiger charge is 2.32. The third kappa shape index (κ3) is 2.85. The number of hydrogen-bond acceptors (Lipinski definition) is 4. The monoisotopic (exact) mass is 308 g/mol. The second-order valence-electron chi connectivity index (χ2n) is 4.36. The van der Waals surface area contributed by atoms with Crippen LogP contribution in [0.15, 0.2) is 17.0 Å². The van der Waals surface area contributed by atoms with Crippen molar-refractivity contribution in [3.05, 3.63) is 23.8 Å². The number of halogens is 2. The average molecular weight is 308 g/mol. The molecule has 0 bridgehead atoms. The lowest BCUT2D eigenvalue weighted by atomic mass is 10.3. The fraction of sp³-hybridized carbons (Fsp3) is 0.455. The number of anilines is 1. The van der Waals surface area contributed by atoms with Gasteiger partial charge in [-0.15, -0.1) is 0 Å². The van der Waals surface area contributed by atoms with Crippen molar-refractivity contribution in [2.75, 3.05) is 24.6 Å². The van der Waals surface area contributed by atoms with Gasteiger partial charge in [0.2, 0.25) is 10.0 Å². The molecule has 0 spiro atoms. The highest BCUT2D eigenvalue weighted by Crippen LogP contribution is 2.28. The third-order valence-corrected chi connectivity index (χ3v) is 5.84. The minimum absolute atomic E-state index is 0.114. The van der Waals surface area contributed by atoms with Crippen molar-refractivity contribution < 1.29 is 17.2 Å². The van der Waals surface area contributed by atoms with E-state index in [2.05, 4.69) is 0 Å². The van der Waals surface area contributed by atoms with Crippen LogP contribution in [0.25, 0.3) is 0 Å². The van der Waals surface area contributed by atoms with Crippen LogP contribution in [0.1, 0.15) is 6.92 Å². The van der Waals surface area contributed by atoms with Crippen molar-refractivity contribution in [2.45, 2.75) is 17.1 Å². The second-order valence-corrected chi connectivity index (χ2v) is 7.81. The Kier molecular flexibility index (Phi) is 4.03. The Balaban J connectivity index is 2.45. The van der Waals surface area contributed by atoms with Gasteiger partial charge in [0.1, 0.15) is 4.90 Å². The molecule has 1 atom stereocenters. The van der Waals surface area contributed by atoms with Gasteiger partial charge in [-0.25, -0.2) is 17.2 Å². The Morgan fingerprint density at radius 3 is 2.74 bits per heavy atom. The van der Waals surface area contributed by atoms with Gasteiger partial charge in [-0.2, -0.15) is 16.1 Å². The standard InChI is InChI=1S/C11H14F2N2O2S2/c1-7-6-15(2-3-18-7)19(16,17)10-5-8(14)4-9(12)11(10)13/h4-5,7H,2-3,6,14H2,1H3. The van der Waals surface area contributed by atoms with E-state index in [1.165, 1.54) is 4.31 Å². The van der Waals surface area contributed by atoms with E-state index in [-0.39, 0.29) is 24.0 Å². The number of nitrogen functional groups attached to an aromatic ring is 1. The van der Waals surface area contributed by atoms with Gasteiger partial charge >= 0.3 is 0 Å². The molecule has 2 rings (SSSR count). The Morgan fingerprint density at radius 1 is 1.42 bits per heavy atom. The SMILES string of the molecule is CC1CN(S(=O)(=O)c2cc(N)cc(F)c2F)CCS1. The van der Waals surface area contributed by atoms with Crippen LogP contribution in [-0.4, -0.2) is 36.8 Å². The van der Waals surface area contributed by atoms with Crippen molar-refractivity contribution in [3.8, 4) is 0 Å². The summed E-state index contributed by atoms with van der Waals surface area (Å²) in [6, 6.07) is 1.73. The van der Waals surface area contributed by atoms with Gasteiger partial charge in [-0.1, -0.05) is 6.92 Å². The minimum atomic E-state index is -4.05. The van der Waals surface area contributed by atoms with Gasteiger partial charge in [-0.3, -0.25) is 0 Å². The molecule has 0 radical (unpaired) electrons. The Hall–Kier alpha value is -0.860. The quantitative estimate of drug-likeness (QED) is 0.844. The predicted octanol–water partition coefficient (Wildman–Crippen LogP) is 1.67. The predicted molar refractivity (Wildman–Crippen MR) is 71.4 cm³/mol. The number of hydrogen-bond donors (Lipinski definition) is 1. The number of rotatable bonds is 2. The average Bonchev–Trinajstić information content (AvgIpc) is 2.33. The summed E-state index contributed by atoms with van der Waals surface area (Å²) in [6.07, 6.45) is 0. The smallest absolute Gasteiger partial charge is 0.246 e. The highest BCUT2D eigenvalue weighted by molar-refractivity contribution is 8.00. The molecule has 1 saturated heterocycles. The van der Waals surface area contributed by atoms with E-state index in [1.54, 1.807) is 11.8 Å². The zero-order chi connectivity index (χ0) is 14.2. The normalized spacial score (nSPS) is 21.5. The number of sulfonamides is 1. The molecule has 0 aromatic heterocycles. The maximum Gasteiger partial charge on any atom is 0.246 e. The van der Waals surface area contributed by atoms with E-state index in [0.29, 0.717) is 5.75 Å². The van der Waals surface area contributed by atoms with Crippen LogP contribution in [0.2, 0.25) is 0 Å².